The second-order valence-electron chi connectivity index (χ2n) is 7.32. The third-order valence-corrected chi connectivity index (χ3v) is 6.41. The number of carbonyl (C=O) groups is 1. The Morgan fingerprint density at radius 2 is 1.65 bits per heavy atom. The lowest BCUT2D eigenvalue weighted by Crippen LogP contribution is -2.24. The molecule has 0 spiro atoms. The second kappa shape index (κ2) is 8.32. The first-order chi connectivity index (χ1) is 14.4. The molecule has 9 heteroatoms. The van der Waals surface area contributed by atoms with Crippen LogP contribution in [-0.4, -0.2) is 18.8 Å². The average Bonchev–Trinajstić information content (AvgIpc) is 2.98. The summed E-state index contributed by atoms with van der Waals surface area (Å²) in [5, 5.41) is 4.45. The molecule has 0 aliphatic heterocycles. The smallest absolute Gasteiger partial charge is 0.345 e. The minimum atomic E-state index is -4.49. The molecule has 3 rings (SSSR count). The van der Waals surface area contributed by atoms with Gasteiger partial charge in [-0.15, -0.1) is 0 Å². The number of rotatable bonds is 6. The lowest BCUT2D eigenvalue weighted by molar-refractivity contribution is -0.137. The van der Waals surface area contributed by atoms with Crippen LogP contribution in [0.2, 0.25) is 0 Å². The van der Waals surface area contributed by atoms with Crippen LogP contribution in [0.5, 0.6) is 0 Å². The van der Waals surface area contributed by atoms with E-state index >= 15 is 0 Å². The topological polar surface area (TPSA) is 82.2 Å². The zero-order chi connectivity index (χ0) is 23.0. The Kier molecular flexibility index (Phi) is 6.11. The Morgan fingerprint density at radius 1 is 1.06 bits per heavy atom. The maximum absolute atomic E-state index is 13.0. The van der Waals surface area contributed by atoms with E-state index in [4.69, 9.17) is 5.14 Å². The summed E-state index contributed by atoms with van der Waals surface area (Å²) < 4.78 is 64.4. The first-order valence-electron chi connectivity index (χ1n) is 9.33. The van der Waals surface area contributed by atoms with Crippen molar-refractivity contribution in [1.82, 2.24) is 4.57 Å². The van der Waals surface area contributed by atoms with E-state index in [1.54, 1.807) is 54.9 Å². The molecule has 0 saturated carbocycles. The van der Waals surface area contributed by atoms with Crippen LogP contribution in [-0.2, 0) is 29.7 Å². The molecule has 1 unspecified atom stereocenters. The molecule has 0 fully saturated rings. The number of halogens is 3. The molecular weight excluding hydrogens is 429 g/mol. The van der Waals surface area contributed by atoms with E-state index in [-0.39, 0.29) is 17.7 Å². The number of ketones is 1. The summed E-state index contributed by atoms with van der Waals surface area (Å²) in [6.45, 7) is 1.69. The normalized spacial score (nSPS) is 13.2. The number of hydrogen-bond acceptors (Lipinski definition) is 3. The standard InChI is InChI=1S/C22H21F3N2O3S/c1-14-12-18(13-19(31(26,29)30)15-6-4-3-5-7-15)27(2)20(14)21(28)16-8-10-17(11-9-16)22(23,24)25/h3-12,19H,13H2,1-2H3,(H2,26,29,30). The van der Waals surface area contributed by atoms with Crippen molar-refractivity contribution in [1.29, 1.82) is 0 Å². The van der Waals surface area contributed by atoms with Gasteiger partial charge in [0.2, 0.25) is 15.8 Å². The Hall–Kier alpha value is -2.91. The van der Waals surface area contributed by atoms with Gasteiger partial charge in [0.05, 0.1) is 11.3 Å². The highest BCUT2D eigenvalue weighted by atomic mass is 32.2. The van der Waals surface area contributed by atoms with Crippen LogP contribution in [0.25, 0.3) is 0 Å². The van der Waals surface area contributed by atoms with Crippen LogP contribution >= 0.6 is 0 Å². The maximum atomic E-state index is 13.0. The van der Waals surface area contributed by atoms with Crippen LogP contribution in [0, 0.1) is 6.92 Å². The first kappa shape index (κ1) is 22.8. The number of aryl methyl sites for hydroxylation is 1. The summed E-state index contributed by atoms with van der Waals surface area (Å²) in [5.41, 5.74) is 1.22. The predicted octanol–water partition coefficient (Wildman–Crippen LogP) is 4.16. The number of nitrogens with two attached hydrogens (primary N) is 1. The highest BCUT2D eigenvalue weighted by Crippen LogP contribution is 2.30. The second-order valence-corrected chi connectivity index (χ2v) is 9.07. The van der Waals surface area contributed by atoms with E-state index in [9.17, 15) is 26.4 Å². The van der Waals surface area contributed by atoms with Gasteiger partial charge in [0.25, 0.3) is 0 Å². The number of sulfonamides is 1. The Morgan fingerprint density at radius 3 is 2.16 bits per heavy atom. The molecule has 0 amide bonds. The zero-order valence-corrected chi connectivity index (χ0v) is 17.7. The lowest BCUT2D eigenvalue weighted by Gasteiger charge is -2.16. The fourth-order valence-corrected chi connectivity index (χ4v) is 4.52. The van der Waals surface area contributed by atoms with Crippen molar-refractivity contribution in [3.05, 3.63) is 94.3 Å². The summed E-state index contributed by atoms with van der Waals surface area (Å²) in [4.78, 5) is 13.0. The molecule has 2 N–H and O–H groups in total. The van der Waals surface area contributed by atoms with Crippen molar-refractivity contribution in [2.45, 2.75) is 24.8 Å². The number of aromatic nitrogens is 1. The summed E-state index contributed by atoms with van der Waals surface area (Å²) in [6.07, 6.45) is -4.45. The fourth-order valence-electron chi connectivity index (χ4n) is 3.58. The Labute approximate surface area is 178 Å². The predicted molar refractivity (Wildman–Crippen MR) is 111 cm³/mol. The molecule has 3 aromatic rings. The third-order valence-electron chi connectivity index (χ3n) is 5.17. The van der Waals surface area contributed by atoms with Crippen LogP contribution in [0.3, 0.4) is 0 Å². The van der Waals surface area contributed by atoms with Gasteiger partial charge in [-0.2, -0.15) is 13.2 Å². The molecule has 0 saturated heterocycles. The number of carbonyl (C=O) groups excluding carboxylic acids is 1. The number of primary sulfonamides is 1. The molecule has 1 atom stereocenters. The van der Waals surface area contributed by atoms with Crippen LogP contribution < -0.4 is 5.14 Å². The highest BCUT2D eigenvalue weighted by molar-refractivity contribution is 7.89. The van der Waals surface area contributed by atoms with Gasteiger partial charge in [-0.25, -0.2) is 13.6 Å². The van der Waals surface area contributed by atoms with Gasteiger partial charge in [-0.3, -0.25) is 4.79 Å². The molecular formula is C22H21F3N2O3S. The monoisotopic (exact) mass is 450 g/mol. The fraction of sp³-hybridized carbons (Fsp3) is 0.227. The third kappa shape index (κ3) is 4.88. The van der Waals surface area contributed by atoms with Crippen molar-refractivity contribution in [2.75, 3.05) is 0 Å². The Bertz CT molecular complexity index is 1200. The number of alkyl halides is 3. The number of hydrogen-bond donors (Lipinski definition) is 1. The minimum Gasteiger partial charge on any atom is -0.345 e. The largest absolute Gasteiger partial charge is 0.416 e. The molecule has 0 aliphatic carbocycles. The van der Waals surface area contributed by atoms with E-state index < -0.39 is 32.8 Å². The minimum absolute atomic E-state index is 0.0421. The number of benzene rings is 2. The lowest BCUT2D eigenvalue weighted by atomic mass is 10.0. The summed E-state index contributed by atoms with van der Waals surface area (Å²) in [7, 11) is -2.32. The Balaban J connectivity index is 1.95. The molecule has 1 aromatic heterocycles. The van der Waals surface area contributed by atoms with Crippen LogP contribution in [0.1, 0.15) is 43.7 Å². The van der Waals surface area contributed by atoms with E-state index in [0.717, 1.165) is 24.3 Å². The summed E-state index contributed by atoms with van der Waals surface area (Å²) >= 11 is 0. The van der Waals surface area contributed by atoms with Crippen molar-refractivity contribution in [2.24, 2.45) is 12.2 Å². The maximum Gasteiger partial charge on any atom is 0.416 e. The molecule has 0 bridgehead atoms. The summed E-state index contributed by atoms with van der Waals surface area (Å²) in [6, 6.07) is 14.2. The van der Waals surface area contributed by atoms with Crippen molar-refractivity contribution in [3.8, 4) is 0 Å². The molecule has 1 heterocycles. The zero-order valence-electron chi connectivity index (χ0n) is 16.8. The van der Waals surface area contributed by atoms with Crippen LogP contribution in [0.4, 0.5) is 13.2 Å². The molecule has 0 radical (unpaired) electrons. The van der Waals surface area contributed by atoms with E-state index in [1.807, 2.05) is 0 Å². The molecule has 2 aromatic carbocycles. The first-order valence-corrected chi connectivity index (χ1v) is 10.9. The van der Waals surface area contributed by atoms with E-state index in [0.29, 0.717) is 16.8 Å². The van der Waals surface area contributed by atoms with E-state index in [1.165, 1.54) is 0 Å². The van der Waals surface area contributed by atoms with Crippen molar-refractivity contribution >= 4 is 15.8 Å². The van der Waals surface area contributed by atoms with Gasteiger partial charge in [-0.05, 0) is 36.2 Å². The van der Waals surface area contributed by atoms with Gasteiger partial charge in [-0.1, -0.05) is 42.5 Å². The molecule has 164 valence electrons. The van der Waals surface area contributed by atoms with Gasteiger partial charge < -0.3 is 4.57 Å². The summed E-state index contributed by atoms with van der Waals surface area (Å²) in [5.74, 6) is -0.452. The SMILES string of the molecule is Cc1cc(CC(c2ccccc2)S(N)(=O)=O)n(C)c1C(=O)c1ccc(C(F)(F)F)cc1. The van der Waals surface area contributed by atoms with Crippen molar-refractivity contribution < 1.29 is 26.4 Å². The van der Waals surface area contributed by atoms with Gasteiger partial charge in [0.1, 0.15) is 5.25 Å². The highest BCUT2D eigenvalue weighted by Gasteiger charge is 2.31. The molecule has 31 heavy (non-hydrogen) atoms. The average molecular weight is 450 g/mol. The van der Waals surface area contributed by atoms with E-state index in [2.05, 4.69) is 0 Å². The van der Waals surface area contributed by atoms with Crippen LogP contribution in [0.15, 0.2) is 60.7 Å². The molecule has 5 nitrogen and oxygen atoms in total. The van der Waals surface area contributed by atoms with Gasteiger partial charge >= 0.3 is 6.18 Å². The van der Waals surface area contributed by atoms with Gasteiger partial charge in [0, 0.05) is 24.7 Å². The number of nitrogens with zero attached hydrogens (tertiary/aromatic N) is 1. The van der Waals surface area contributed by atoms with Gasteiger partial charge in [0.15, 0.2) is 0 Å². The quantitative estimate of drug-likeness (QED) is 0.573. The van der Waals surface area contributed by atoms with Crippen molar-refractivity contribution in [3.63, 3.8) is 0 Å². The molecule has 0 aliphatic rings.